The zero-order valence-corrected chi connectivity index (χ0v) is 17.2. The number of amides is 1. The van der Waals surface area contributed by atoms with Gasteiger partial charge in [-0.15, -0.1) is 0 Å². The van der Waals surface area contributed by atoms with Crippen molar-refractivity contribution in [2.75, 3.05) is 25.9 Å². The van der Waals surface area contributed by atoms with Crippen molar-refractivity contribution < 1.29 is 13.2 Å². The van der Waals surface area contributed by atoms with Crippen LogP contribution >= 0.6 is 0 Å². The Labute approximate surface area is 163 Å². The number of carbonyl (C=O) groups excluding carboxylic acids is 1. The largest absolute Gasteiger partial charge is 0.342 e. The molecule has 3 rings (SSSR count). The van der Waals surface area contributed by atoms with Crippen molar-refractivity contribution in [1.82, 2.24) is 9.21 Å². The maximum Gasteiger partial charge on any atom is 0.227 e. The van der Waals surface area contributed by atoms with E-state index in [2.05, 4.69) is 0 Å². The number of benzene rings is 1. The zero-order chi connectivity index (χ0) is 19.3. The third-order valence-corrected chi connectivity index (χ3v) is 7.98. The topological polar surface area (TPSA) is 57.7 Å². The highest BCUT2D eigenvalue weighted by atomic mass is 32.2. The Morgan fingerprint density at radius 1 is 1.11 bits per heavy atom. The molecular formula is C21H32N2O3S. The van der Waals surface area contributed by atoms with Gasteiger partial charge in [-0.2, -0.15) is 0 Å². The molecule has 6 heteroatoms. The molecule has 0 spiro atoms. The van der Waals surface area contributed by atoms with Gasteiger partial charge in [0.15, 0.2) is 0 Å². The number of aryl methyl sites for hydroxylation is 1. The van der Waals surface area contributed by atoms with E-state index in [0.29, 0.717) is 25.6 Å². The molecule has 150 valence electrons. The van der Waals surface area contributed by atoms with Gasteiger partial charge in [0.2, 0.25) is 15.9 Å². The molecule has 0 N–H and O–H groups in total. The van der Waals surface area contributed by atoms with Gasteiger partial charge in [0.05, 0.1) is 11.7 Å². The Hall–Kier alpha value is -1.40. The maximum atomic E-state index is 12.9. The molecule has 1 heterocycles. The molecule has 0 unspecified atom stereocenters. The summed E-state index contributed by atoms with van der Waals surface area (Å²) in [4.78, 5) is 14.8. The molecule has 1 saturated carbocycles. The molecule has 1 aliphatic carbocycles. The van der Waals surface area contributed by atoms with E-state index in [1.54, 1.807) is 4.31 Å². The number of sulfonamides is 1. The van der Waals surface area contributed by atoms with Crippen LogP contribution in [0, 0.1) is 5.92 Å². The number of piperidine rings is 1. The lowest BCUT2D eigenvalue weighted by Crippen LogP contribution is -2.48. The molecular weight excluding hydrogens is 360 g/mol. The molecule has 0 radical (unpaired) electrons. The Morgan fingerprint density at radius 3 is 2.52 bits per heavy atom. The second-order valence-corrected chi connectivity index (χ2v) is 10.1. The average Bonchev–Trinajstić information content (AvgIpc) is 3.22. The lowest BCUT2D eigenvalue weighted by molar-refractivity contribution is -0.137. The monoisotopic (exact) mass is 392 g/mol. The first-order valence-electron chi connectivity index (χ1n) is 10.3. The summed E-state index contributed by atoms with van der Waals surface area (Å²) in [7, 11) is -1.41. The lowest BCUT2D eigenvalue weighted by atomic mass is 9.97. The van der Waals surface area contributed by atoms with Crippen molar-refractivity contribution in [1.29, 1.82) is 0 Å². The number of carbonyl (C=O) groups is 1. The van der Waals surface area contributed by atoms with E-state index in [0.717, 1.165) is 37.7 Å². The van der Waals surface area contributed by atoms with Crippen molar-refractivity contribution in [3.05, 3.63) is 35.9 Å². The summed E-state index contributed by atoms with van der Waals surface area (Å²) in [6.07, 6.45) is 7.49. The van der Waals surface area contributed by atoms with Crippen LogP contribution in [0.2, 0.25) is 0 Å². The van der Waals surface area contributed by atoms with Crippen LogP contribution in [0.4, 0.5) is 0 Å². The van der Waals surface area contributed by atoms with Gasteiger partial charge in [0, 0.05) is 26.2 Å². The molecule has 5 nitrogen and oxygen atoms in total. The van der Waals surface area contributed by atoms with Gasteiger partial charge >= 0.3 is 0 Å². The van der Waals surface area contributed by atoms with Gasteiger partial charge < -0.3 is 4.90 Å². The average molecular weight is 393 g/mol. The molecule has 1 amide bonds. The van der Waals surface area contributed by atoms with Crippen LogP contribution in [-0.4, -0.2) is 55.5 Å². The predicted octanol–water partition coefficient (Wildman–Crippen LogP) is 3.06. The second kappa shape index (κ2) is 9.20. The number of nitrogens with zero attached hydrogens (tertiary/aromatic N) is 2. The van der Waals surface area contributed by atoms with E-state index in [1.807, 2.05) is 42.3 Å². The van der Waals surface area contributed by atoms with Crippen LogP contribution in [0.5, 0.6) is 0 Å². The highest BCUT2D eigenvalue weighted by Gasteiger charge is 2.35. The van der Waals surface area contributed by atoms with Gasteiger partial charge in [-0.3, -0.25) is 4.79 Å². The van der Waals surface area contributed by atoms with Crippen LogP contribution in [0.15, 0.2) is 30.3 Å². The van der Waals surface area contributed by atoms with Crippen LogP contribution in [-0.2, 0) is 21.2 Å². The highest BCUT2D eigenvalue weighted by Crippen LogP contribution is 2.27. The summed E-state index contributed by atoms with van der Waals surface area (Å²) in [6.45, 7) is 0.897. The summed E-state index contributed by atoms with van der Waals surface area (Å²) < 4.78 is 27.1. The van der Waals surface area contributed by atoms with Gasteiger partial charge in [-0.25, -0.2) is 12.7 Å². The number of rotatable bonds is 7. The van der Waals surface area contributed by atoms with Crippen LogP contribution < -0.4 is 0 Å². The minimum Gasteiger partial charge on any atom is -0.342 e. The Morgan fingerprint density at radius 2 is 1.81 bits per heavy atom. The van der Waals surface area contributed by atoms with Gasteiger partial charge in [0.1, 0.15) is 0 Å². The maximum absolute atomic E-state index is 12.9. The van der Waals surface area contributed by atoms with E-state index >= 15 is 0 Å². The predicted molar refractivity (Wildman–Crippen MR) is 108 cm³/mol. The minimum atomic E-state index is -3.30. The van der Waals surface area contributed by atoms with Crippen LogP contribution in [0.3, 0.4) is 0 Å². The van der Waals surface area contributed by atoms with Gasteiger partial charge in [-0.1, -0.05) is 43.2 Å². The summed E-state index contributed by atoms with van der Waals surface area (Å²) >= 11 is 0. The molecule has 1 aromatic rings. The summed E-state index contributed by atoms with van der Waals surface area (Å²) in [5, 5.41) is 0. The van der Waals surface area contributed by atoms with Crippen LogP contribution in [0.25, 0.3) is 0 Å². The molecule has 1 saturated heterocycles. The van der Waals surface area contributed by atoms with Crippen molar-refractivity contribution in [2.45, 2.75) is 57.4 Å². The quantitative estimate of drug-likeness (QED) is 0.717. The molecule has 0 bridgehead atoms. The fraction of sp³-hybridized carbons (Fsp3) is 0.667. The summed E-state index contributed by atoms with van der Waals surface area (Å²) in [6, 6.07) is 10.3. The van der Waals surface area contributed by atoms with E-state index in [1.165, 1.54) is 12.8 Å². The second-order valence-electron chi connectivity index (χ2n) is 7.99. The number of hydrogen-bond acceptors (Lipinski definition) is 3. The van der Waals surface area contributed by atoms with Crippen LogP contribution in [0.1, 0.15) is 50.5 Å². The Bertz CT molecular complexity index is 714. The number of hydrogen-bond donors (Lipinski definition) is 0. The van der Waals surface area contributed by atoms with Gasteiger partial charge in [-0.05, 0) is 44.1 Å². The van der Waals surface area contributed by atoms with Crippen molar-refractivity contribution in [3.63, 3.8) is 0 Å². The smallest absolute Gasteiger partial charge is 0.227 e. The third kappa shape index (κ3) is 5.32. The fourth-order valence-electron chi connectivity index (χ4n) is 4.39. The first-order valence-corrected chi connectivity index (χ1v) is 11.9. The Balaban J connectivity index is 1.53. The minimum absolute atomic E-state index is 0.131. The van der Waals surface area contributed by atoms with Gasteiger partial charge in [0.25, 0.3) is 0 Å². The van der Waals surface area contributed by atoms with E-state index in [4.69, 9.17) is 0 Å². The molecule has 2 aliphatic rings. The zero-order valence-electron chi connectivity index (χ0n) is 16.3. The third-order valence-electron chi connectivity index (χ3n) is 6.06. The molecule has 1 aromatic carbocycles. The Kier molecular flexibility index (Phi) is 6.93. The summed E-state index contributed by atoms with van der Waals surface area (Å²) in [5.74, 6) is 0.0979. The molecule has 27 heavy (non-hydrogen) atoms. The lowest BCUT2D eigenvalue weighted by Gasteiger charge is -2.35. The van der Waals surface area contributed by atoms with Crippen molar-refractivity contribution in [2.24, 2.45) is 5.92 Å². The van der Waals surface area contributed by atoms with E-state index in [-0.39, 0.29) is 17.6 Å². The highest BCUT2D eigenvalue weighted by molar-refractivity contribution is 7.89. The molecule has 1 atom stereocenters. The van der Waals surface area contributed by atoms with E-state index in [9.17, 15) is 13.2 Å². The van der Waals surface area contributed by atoms with E-state index < -0.39 is 10.0 Å². The fourth-order valence-corrected chi connectivity index (χ4v) is 5.97. The first-order chi connectivity index (χ1) is 13.0. The first kappa shape index (κ1) is 20.3. The van der Waals surface area contributed by atoms with Crippen molar-refractivity contribution in [3.8, 4) is 0 Å². The molecule has 2 fully saturated rings. The summed E-state index contributed by atoms with van der Waals surface area (Å²) in [5.41, 5.74) is 1.16. The molecule has 1 aliphatic heterocycles. The SMILES string of the molecule is CN(C(=O)[C@H]1CCCN(S(=O)(=O)CCCc2ccccc2)C1)C1CCCC1. The normalized spacial score (nSPS) is 22.0. The molecule has 0 aromatic heterocycles. The van der Waals surface area contributed by atoms with Crippen molar-refractivity contribution >= 4 is 15.9 Å². The standard InChI is InChI=1S/C21H32N2O3S/c1-22(20-13-5-6-14-20)21(24)19-12-7-15-23(17-19)27(25,26)16-8-11-18-9-3-2-4-10-18/h2-4,9-10,19-20H,5-8,11-17H2,1H3/t19-/m0/s1.